The molecule has 0 unspecified atom stereocenters. The van der Waals surface area contributed by atoms with Gasteiger partial charge in [0.1, 0.15) is 11.2 Å². The predicted molar refractivity (Wildman–Crippen MR) is 237 cm³/mol. The second-order valence-electron chi connectivity index (χ2n) is 14.8. The van der Waals surface area contributed by atoms with Crippen molar-refractivity contribution in [2.24, 2.45) is 0 Å². The van der Waals surface area contributed by atoms with Crippen molar-refractivity contribution in [2.45, 2.75) is 0 Å². The lowest BCUT2D eigenvalue weighted by atomic mass is 9.97. The molecule has 0 saturated carbocycles. The highest BCUT2D eigenvalue weighted by molar-refractivity contribution is 6.11. The smallest absolute Gasteiger partial charge is 0.135 e. The Labute approximate surface area is 328 Å². The van der Waals surface area contributed by atoms with Crippen molar-refractivity contribution in [3.05, 3.63) is 200 Å². The highest BCUT2D eigenvalue weighted by Gasteiger charge is 2.16. The molecule has 4 aromatic heterocycles. The van der Waals surface area contributed by atoms with Gasteiger partial charge in [-0.3, -0.25) is 4.98 Å². The second kappa shape index (κ2) is 12.4. The summed E-state index contributed by atoms with van der Waals surface area (Å²) >= 11 is 0. The third-order valence-corrected chi connectivity index (χ3v) is 11.6. The number of hydrogen-bond acceptors (Lipinski definition) is 2. The molecule has 8 aromatic carbocycles. The summed E-state index contributed by atoms with van der Waals surface area (Å²) in [5.74, 6) is 0. The van der Waals surface area contributed by atoms with Crippen LogP contribution in [0.1, 0.15) is 0 Å². The van der Waals surface area contributed by atoms with E-state index >= 15 is 0 Å². The van der Waals surface area contributed by atoms with E-state index in [9.17, 15) is 0 Å². The molecule has 0 N–H and O–H groups in total. The normalized spacial score (nSPS) is 11.9. The maximum absolute atomic E-state index is 6.39. The highest BCUT2D eigenvalue weighted by Crippen LogP contribution is 2.38. The molecule has 0 spiro atoms. The molecule has 0 fully saturated rings. The fourth-order valence-corrected chi connectivity index (χ4v) is 8.94. The molecule has 0 saturated heterocycles. The summed E-state index contributed by atoms with van der Waals surface area (Å²) in [7, 11) is 0. The van der Waals surface area contributed by atoms with Gasteiger partial charge in [-0.05, 0) is 101 Å². The summed E-state index contributed by atoms with van der Waals surface area (Å²) in [6.45, 7) is 0. The first-order valence-corrected chi connectivity index (χ1v) is 19.3. The van der Waals surface area contributed by atoms with Gasteiger partial charge in [0.2, 0.25) is 0 Å². The van der Waals surface area contributed by atoms with Crippen molar-refractivity contribution in [3.8, 4) is 44.8 Å². The number of aromatic nitrogens is 3. The van der Waals surface area contributed by atoms with Gasteiger partial charge in [0.15, 0.2) is 0 Å². The van der Waals surface area contributed by atoms with Crippen LogP contribution in [-0.4, -0.2) is 14.1 Å². The molecule has 0 amide bonds. The van der Waals surface area contributed by atoms with E-state index in [0.29, 0.717) is 0 Å². The number of nitrogens with zero attached hydrogens (tertiary/aromatic N) is 3. The number of hydrogen-bond donors (Lipinski definition) is 0. The van der Waals surface area contributed by atoms with Gasteiger partial charge in [0.25, 0.3) is 0 Å². The third-order valence-electron chi connectivity index (χ3n) is 11.6. The average Bonchev–Trinajstić information content (AvgIpc) is 3.94. The first-order chi connectivity index (χ1) is 28.2. The summed E-state index contributed by atoms with van der Waals surface area (Å²) in [5, 5.41) is 7.19. The zero-order chi connectivity index (χ0) is 37.5. The van der Waals surface area contributed by atoms with Crippen molar-refractivity contribution < 1.29 is 4.42 Å². The number of rotatable bonds is 5. The molecule has 12 aromatic rings. The van der Waals surface area contributed by atoms with Crippen LogP contribution in [0.5, 0.6) is 0 Å². The summed E-state index contributed by atoms with van der Waals surface area (Å²) in [4.78, 5) is 4.75. The van der Waals surface area contributed by atoms with Gasteiger partial charge in [-0.1, -0.05) is 109 Å². The lowest BCUT2D eigenvalue weighted by Gasteiger charge is -2.11. The van der Waals surface area contributed by atoms with Gasteiger partial charge in [-0.25, -0.2) is 0 Å². The molecule has 266 valence electrons. The van der Waals surface area contributed by atoms with E-state index in [0.717, 1.165) is 66.7 Å². The monoisotopic (exact) mass is 727 g/mol. The predicted octanol–water partition coefficient (Wildman–Crippen LogP) is 14.2. The van der Waals surface area contributed by atoms with Crippen LogP contribution in [0.15, 0.2) is 205 Å². The quantitative estimate of drug-likeness (QED) is 0.177. The van der Waals surface area contributed by atoms with E-state index in [1.54, 1.807) is 0 Å². The van der Waals surface area contributed by atoms with Gasteiger partial charge < -0.3 is 13.6 Å². The molecule has 0 aliphatic heterocycles. The SMILES string of the molecule is c1cc(-c2cncc(-c3ccc4oc5ccc(-n6c7ccccc7c7ccccc76)cc5c4c3)c2)cc(-c2cccc(-n3c4ccccc4c4ccccc43)c2)c1. The number of fused-ring (bicyclic) bond motifs is 9. The lowest BCUT2D eigenvalue weighted by molar-refractivity contribution is 0.669. The Balaban J connectivity index is 0.917. The highest BCUT2D eigenvalue weighted by atomic mass is 16.3. The van der Waals surface area contributed by atoms with E-state index in [1.807, 2.05) is 12.4 Å². The Hall–Kier alpha value is -7.69. The van der Waals surface area contributed by atoms with E-state index in [4.69, 9.17) is 9.40 Å². The van der Waals surface area contributed by atoms with Crippen LogP contribution in [0.25, 0.3) is 110 Å². The number of pyridine rings is 1. The summed E-state index contributed by atoms with van der Waals surface area (Å²) in [6.07, 6.45) is 3.91. The lowest BCUT2D eigenvalue weighted by Crippen LogP contribution is -1.94. The van der Waals surface area contributed by atoms with Gasteiger partial charge in [-0.2, -0.15) is 0 Å². The zero-order valence-electron chi connectivity index (χ0n) is 30.8. The molecule has 57 heavy (non-hydrogen) atoms. The molecule has 12 rings (SSSR count). The van der Waals surface area contributed by atoms with Gasteiger partial charge >= 0.3 is 0 Å². The standard InChI is InChI=1S/C53H33N3O/c1-5-19-48-42(15-1)43-16-2-6-20-49(43)55(48)40-14-10-13-36(29-40)34-11-9-12-35(27-34)38-28-39(33-54-32-38)37-23-25-52-46(30-37)47-31-41(24-26-53(47)57-52)56-50-21-7-3-17-44(50)45-18-4-8-22-51(45)56/h1-33H. The molecular formula is C53H33N3O. The van der Waals surface area contributed by atoms with Crippen molar-refractivity contribution >= 4 is 65.6 Å². The van der Waals surface area contributed by atoms with E-state index in [1.165, 1.54) is 43.6 Å². The molecule has 0 bridgehead atoms. The number of para-hydroxylation sites is 4. The summed E-state index contributed by atoms with van der Waals surface area (Å²) in [5.41, 5.74) is 15.4. The van der Waals surface area contributed by atoms with Gasteiger partial charge in [-0.15, -0.1) is 0 Å². The molecule has 0 atom stereocenters. The van der Waals surface area contributed by atoms with Crippen LogP contribution >= 0.6 is 0 Å². The van der Waals surface area contributed by atoms with E-state index in [2.05, 4.69) is 197 Å². The van der Waals surface area contributed by atoms with Crippen molar-refractivity contribution in [2.75, 3.05) is 0 Å². The third kappa shape index (κ3) is 4.98. The summed E-state index contributed by atoms with van der Waals surface area (Å²) < 4.78 is 11.1. The van der Waals surface area contributed by atoms with Crippen molar-refractivity contribution in [3.63, 3.8) is 0 Å². The minimum absolute atomic E-state index is 0.869. The number of furan rings is 1. The minimum atomic E-state index is 0.869. The molecule has 4 nitrogen and oxygen atoms in total. The zero-order valence-corrected chi connectivity index (χ0v) is 30.8. The Bertz CT molecular complexity index is 3440. The van der Waals surface area contributed by atoms with Gasteiger partial charge in [0, 0.05) is 67.2 Å². The Kier molecular flexibility index (Phi) is 6.89. The molecule has 4 heteroatoms. The van der Waals surface area contributed by atoms with Crippen LogP contribution in [-0.2, 0) is 0 Å². The first-order valence-electron chi connectivity index (χ1n) is 19.3. The van der Waals surface area contributed by atoms with Crippen molar-refractivity contribution in [1.29, 1.82) is 0 Å². The topological polar surface area (TPSA) is 35.9 Å². The van der Waals surface area contributed by atoms with E-state index in [-0.39, 0.29) is 0 Å². The Morgan fingerprint density at radius 2 is 0.719 bits per heavy atom. The van der Waals surface area contributed by atoms with Crippen molar-refractivity contribution in [1.82, 2.24) is 14.1 Å². The van der Waals surface area contributed by atoms with Crippen LogP contribution in [0.2, 0.25) is 0 Å². The molecular weight excluding hydrogens is 695 g/mol. The summed E-state index contributed by atoms with van der Waals surface area (Å²) in [6, 6.07) is 67.4. The maximum Gasteiger partial charge on any atom is 0.135 e. The van der Waals surface area contributed by atoms with E-state index < -0.39 is 0 Å². The first kappa shape index (κ1) is 31.6. The Morgan fingerprint density at radius 3 is 1.30 bits per heavy atom. The molecule has 4 heterocycles. The fraction of sp³-hybridized carbons (Fsp3) is 0. The molecule has 0 aliphatic carbocycles. The average molecular weight is 728 g/mol. The van der Waals surface area contributed by atoms with Crippen LogP contribution in [0.3, 0.4) is 0 Å². The number of benzene rings is 8. The van der Waals surface area contributed by atoms with Crippen LogP contribution in [0.4, 0.5) is 0 Å². The second-order valence-corrected chi connectivity index (χ2v) is 14.8. The van der Waals surface area contributed by atoms with Gasteiger partial charge in [0.05, 0.1) is 22.1 Å². The molecule has 0 radical (unpaired) electrons. The van der Waals surface area contributed by atoms with Crippen LogP contribution < -0.4 is 0 Å². The van der Waals surface area contributed by atoms with Crippen LogP contribution in [0, 0.1) is 0 Å². The molecule has 0 aliphatic rings. The fourth-order valence-electron chi connectivity index (χ4n) is 8.94. The largest absolute Gasteiger partial charge is 0.456 e. The maximum atomic E-state index is 6.39. The Morgan fingerprint density at radius 1 is 0.298 bits per heavy atom. The minimum Gasteiger partial charge on any atom is -0.456 e.